The highest BCUT2D eigenvalue weighted by Crippen LogP contribution is 2.29. The monoisotopic (exact) mass is 296 g/mol. The summed E-state index contributed by atoms with van der Waals surface area (Å²) in [7, 11) is 0. The highest BCUT2D eigenvalue weighted by Gasteiger charge is 2.21. The van der Waals surface area contributed by atoms with Crippen molar-refractivity contribution in [2.75, 3.05) is 24.6 Å². The molecule has 1 aromatic carbocycles. The topological polar surface area (TPSA) is 38.5 Å². The maximum absolute atomic E-state index is 6.33. The minimum atomic E-state index is -0.0291. The summed E-state index contributed by atoms with van der Waals surface area (Å²) >= 11 is 6.33. The van der Waals surface area contributed by atoms with E-state index in [4.69, 9.17) is 22.1 Å². The van der Waals surface area contributed by atoms with Crippen LogP contribution < -0.4 is 10.6 Å². The predicted molar refractivity (Wildman–Crippen MR) is 85.5 cm³/mol. The van der Waals surface area contributed by atoms with Gasteiger partial charge in [-0.2, -0.15) is 0 Å². The van der Waals surface area contributed by atoms with Crippen molar-refractivity contribution in [1.29, 1.82) is 0 Å². The van der Waals surface area contributed by atoms with Crippen LogP contribution in [0.4, 0.5) is 5.69 Å². The lowest BCUT2D eigenvalue weighted by Gasteiger charge is -2.34. The van der Waals surface area contributed by atoms with Crippen LogP contribution in [0, 0.1) is 0 Å². The molecule has 0 saturated carbocycles. The zero-order valence-corrected chi connectivity index (χ0v) is 13.2. The van der Waals surface area contributed by atoms with Crippen molar-refractivity contribution in [2.45, 2.75) is 45.3 Å². The van der Waals surface area contributed by atoms with Gasteiger partial charge >= 0.3 is 0 Å². The Kier molecular flexibility index (Phi) is 5.70. The summed E-state index contributed by atoms with van der Waals surface area (Å²) in [6.45, 7) is 6.97. The molecule has 2 N–H and O–H groups in total. The predicted octanol–water partition coefficient (Wildman–Crippen LogP) is 3.76. The van der Waals surface area contributed by atoms with E-state index in [0.29, 0.717) is 6.10 Å². The average Bonchev–Trinajstić information content (AvgIpc) is 2.45. The maximum Gasteiger partial charge on any atom is 0.0750 e. The smallest absolute Gasteiger partial charge is 0.0750 e. The van der Waals surface area contributed by atoms with E-state index < -0.39 is 0 Å². The zero-order chi connectivity index (χ0) is 14.5. The van der Waals surface area contributed by atoms with Crippen LogP contribution in [-0.2, 0) is 4.74 Å². The molecule has 2 atom stereocenters. The molecule has 112 valence electrons. The fourth-order valence-corrected chi connectivity index (χ4v) is 3.02. The lowest BCUT2D eigenvalue weighted by Crippen LogP contribution is -2.39. The fraction of sp³-hybridized carbons (Fsp3) is 0.625. The summed E-state index contributed by atoms with van der Waals surface area (Å²) in [5.41, 5.74) is 8.08. The lowest BCUT2D eigenvalue weighted by molar-refractivity contribution is 0.0440. The molecule has 1 aliphatic heterocycles. The molecule has 2 rings (SSSR count). The van der Waals surface area contributed by atoms with Gasteiger partial charge in [0.25, 0.3) is 0 Å². The van der Waals surface area contributed by atoms with Gasteiger partial charge in [-0.1, -0.05) is 24.6 Å². The zero-order valence-electron chi connectivity index (χ0n) is 12.4. The molecule has 1 saturated heterocycles. The van der Waals surface area contributed by atoms with Crippen LogP contribution in [0.1, 0.15) is 44.7 Å². The Labute approximate surface area is 127 Å². The van der Waals surface area contributed by atoms with Crippen LogP contribution in [0.5, 0.6) is 0 Å². The van der Waals surface area contributed by atoms with E-state index in [0.717, 1.165) is 43.1 Å². The van der Waals surface area contributed by atoms with Gasteiger partial charge in [-0.05, 0) is 43.9 Å². The summed E-state index contributed by atoms with van der Waals surface area (Å²) in [6.07, 6.45) is 3.74. The van der Waals surface area contributed by atoms with E-state index in [1.54, 1.807) is 0 Å². The summed E-state index contributed by atoms with van der Waals surface area (Å²) < 4.78 is 5.88. The molecule has 1 heterocycles. The molecule has 2 unspecified atom stereocenters. The number of benzene rings is 1. The molecule has 1 aromatic rings. The Hall–Kier alpha value is -0.770. The van der Waals surface area contributed by atoms with Crippen LogP contribution in [0.3, 0.4) is 0 Å². The number of piperidine rings is 1. The van der Waals surface area contributed by atoms with Crippen molar-refractivity contribution in [3.8, 4) is 0 Å². The highest BCUT2D eigenvalue weighted by atomic mass is 35.5. The summed E-state index contributed by atoms with van der Waals surface area (Å²) in [5, 5.41) is 0.758. The molecule has 0 bridgehead atoms. The Morgan fingerprint density at radius 3 is 2.95 bits per heavy atom. The highest BCUT2D eigenvalue weighted by molar-refractivity contribution is 6.31. The summed E-state index contributed by atoms with van der Waals surface area (Å²) in [4.78, 5) is 2.36. The number of hydrogen-bond donors (Lipinski definition) is 1. The van der Waals surface area contributed by atoms with Crippen LogP contribution >= 0.6 is 11.6 Å². The molecular weight excluding hydrogens is 272 g/mol. The number of rotatable bonds is 5. The van der Waals surface area contributed by atoms with E-state index in [1.165, 1.54) is 12.1 Å². The van der Waals surface area contributed by atoms with E-state index in [-0.39, 0.29) is 6.04 Å². The van der Waals surface area contributed by atoms with Gasteiger partial charge in [0.15, 0.2) is 0 Å². The van der Waals surface area contributed by atoms with Gasteiger partial charge in [0, 0.05) is 36.4 Å². The van der Waals surface area contributed by atoms with Crippen LogP contribution in [-0.4, -0.2) is 25.8 Å². The first-order valence-corrected chi connectivity index (χ1v) is 7.91. The third kappa shape index (κ3) is 3.87. The molecule has 1 aliphatic rings. The van der Waals surface area contributed by atoms with Crippen molar-refractivity contribution < 1.29 is 4.74 Å². The first-order chi connectivity index (χ1) is 9.61. The van der Waals surface area contributed by atoms with Gasteiger partial charge in [0.2, 0.25) is 0 Å². The van der Waals surface area contributed by atoms with Gasteiger partial charge in [0.1, 0.15) is 0 Å². The molecule has 0 aromatic heterocycles. The standard InChI is InChI=1S/C16H25ClN2O/c1-3-9-20-14-5-4-8-19(11-14)13-6-7-15(12(2)18)16(17)10-13/h6-7,10,12,14H,3-5,8-9,11,18H2,1-2H3. The number of nitrogens with zero attached hydrogens (tertiary/aromatic N) is 1. The number of hydrogen-bond acceptors (Lipinski definition) is 3. The Morgan fingerprint density at radius 1 is 1.50 bits per heavy atom. The van der Waals surface area contributed by atoms with E-state index >= 15 is 0 Å². The minimum absolute atomic E-state index is 0.0291. The quantitative estimate of drug-likeness (QED) is 0.899. The number of halogens is 1. The lowest BCUT2D eigenvalue weighted by atomic mass is 10.1. The van der Waals surface area contributed by atoms with Gasteiger partial charge < -0.3 is 15.4 Å². The van der Waals surface area contributed by atoms with Gasteiger partial charge in [-0.3, -0.25) is 0 Å². The molecule has 3 nitrogen and oxygen atoms in total. The van der Waals surface area contributed by atoms with Gasteiger partial charge in [0.05, 0.1) is 6.10 Å². The van der Waals surface area contributed by atoms with Crippen molar-refractivity contribution in [3.63, 3.8) is 0 Å². The molecular formula is C16H25ClN2O. The van der Waals surface area contributed by atoms with E-state index in [9.17, 15) is 0 Å². The first kappa shape index (κ1) is 15.6. The molecule has 20 heavy (non-hydrogen) atoms. The molecule has 4 heteroatoms. The van der Waals surface area contributed by atoms with Crippen molar-refractivity contribution in [2.24, 2.45) is 5.73 Å². The van der Waals surface area contributed by atoms with Crippen LogP contribution in [0.2, 0.25) is 5.02 Å². The van der Waals surface area contributed by atoms with Crippen molar-refractivity contribution in [1.82, 2.24) is 0 Å². The Morgan fingerprint density at radius 2 is 2.30 bits per heavy atom. The Bertz CT molecular complexity index is 436. The first-order valence-electron chi connectivity index (χ1n) is 7.53. The maximum atomic E-state index is 6.33. The second-order valence-corrected chi connectivity index (χ2v) is 5.98. The van der Waals surface area contributed by atoms with E-state index in [2.05, 4.69) is 17.9 Å². The van der Waals surface area contributed by atoms with Crippen molar-refractivity contribution in [3.05, 3.63) is 28.8 Å². The average molecular weight is 297 g/mol. The normalized spacial score (nSPS) is 21.0. The number of anilines is 1. The van der Waals surface area contributed by atoms with Crippen LogP contribution in [0.15, 0.2) is 18.2 Å². The van der Waals surface area contributed by atoms with Gasteiger partial charge in [-0.15, -0.1) is 0 Å². The Balaban J connectivity index is 2.05. The number of ether oxygens (including phenoxy) is 1. The SMILES string of the molecule is CCCOC1CCCN(c2ccc(C(C)N)c(Cl)c2)C1. The molecule has 0 amide bonds. The molecule has 1 fully saturated rings. The molecule has 0 radical (unpaired) electrons. The largest absolute Gasteiger partial charge is 0.376 e. The van der Waals surface area contributed by atoms with Crippen LogP contribution in [0.25, 0.3) is 0 Å². The fourth-order valence-electron chi connectivity index (χ4n) is 2.68. The molecule has 0 spiro atoms. The third-order valence-electron chi connectivity index (χ3n) is 3.78. The number of nitrogens with two attached hydrogens (primary N) is 1. The summed E-state index contributed by atoms with van der Waals surface area (Å²) in [6, 6.07) is 6.16. The van der Waals surface area contributed by atoms with Gasteiger partial charge in [-0.25, -0.2) is 0 Å². The second-order valence-electron chi connectivity index (χ2n) is 5.58. The third-order valence-corrected chi connectivity index (χ3v) is 4.10. The summed E-state index contributed by atoms with van der Waals surface area (Å²) in [5.74, 6) is 0. The van der Waals surface area contributed by atoms with Crippen molar-refractivity contribution >= 4 is 17.3 Å². The molecule has 0 aliphatic carbocycles. The minimum Gasteiger partial charge on any atom is -0.376 e. The second kappa shape index (κ2) is 7.30. The van der Waals surface area contributed by atoms with E-state index in [1.807, 2.05) is 19.1 Å².